The highest BCUT2D eigenvalue weighted by Crippen LogP contribution is 2.44. The molecule has 1 aromatic carbocycles. The molecule has 1 aliphatic carbocycles. The number of para-hydroxylation sites is 1. The summed E-state index contributed by atoms with van der Waals surface area (Å²) in [5.41, 5.74) is 5.40. The number of nitrogens with two attached hydrogens (primary N) is 1. The third-order valence-electron chi connectivity index (χ3n) is 2.93. The molecule has 0 radical (unpaired) electrons. The molecule has 1 aromatic rings. The van der Waals surface area contributed by atoms with Gasteiger partial charge in [-0.25, -0.2) is 4.79 Å². The summed E-state index contributed by atoms with van der Waals surface area (Å²) in [5.74, 6) is 0.492. The quantitative estimate of drug-likeness (QED) is 0.476. The zero-order chi connectivity index (χ0) is 13.9. The molecule has 0 heterocycles. The molecule has 104 valence electrons. The van der Waals surface area contributed by atoms with Crippen LogP contribution in [0, 0.1) is 0 Å². The number of anilines is 1. The van der Waals surface area contributed by atoms with Crippen molar-refractivity contribution >= 4 is 11.7 Å². The Hall–Kier alpha value is -1.95. The van der Waals surface area contributed by atoms with Crippen molar-refractivity contribution in [2.24, 2.45) is 0 Å². The third kappa shape index (κ3) is 2.73. The molecule has 19 heavy (non-hydrogen) atoms. The number of rotatable bonds is 6. The minimum Gasteiger partial charge on any atom is -0.473 e. The molecule has 0 atom stereocenters. The summed E-state index contributed by atoms with van der Waals surface area (Å²) >= 11 is 0. The van der Waals surface area contributed by atoms with Crippen molar-refractivity contribution in [1.29, 1.82) is 0 Å². The van der Waals surface area contributed by atoms with Crippen molar-refractivity contribution < 1.29 is 23.7 Å². The lowest BCUT2D eigenvalue weighted by atomic mass is 10.2. The van der Waals surface area contributed by atoms with Crippen LogP contribution in [0.4, 0.5) is 5.69 Å². The summed E-state index contributed by atoms with van der Waals surface area (Å²) in [6.07, 6.45) is 1.25. The molecule has 1 saturated carbocycles. The number of hydrogen-bond acceptors (Lipinski definition) is 6. The van der Waals surface area contributed by atoms with E-state index in [2.05, 4.69) is 0 Å². The molecule has 0 aliphatic heterocycles. The second kappa shape index (κ2) is 5.36. The number of esters is 1. The maximum absolute atomic E-state index is 11.6. The molecular weight excluding hydrogens is 250 g/mol. The molecule has 0 bridgehead atoms. The molecule has 0 spiro atoms. The molecule has 6 heteroatoms. The molecule has 0 amide bonds. The highest BCUT2D eigenvalue weighted by molar-refractivity contribution is 5.83. The van der Waals surface area contributed by atoms with Crippen LogP contribution in [-0.4, -0.2) is 32.6 Å². The smallest absolute Gasteiger partial charge is 0.350 e. The number of carbonyl (C=O) groups excluding carboxylic acids is 1. The van der Waals surface area contributed by atoms with Crippen LogP contribution in [0.15, 0.2) is 18.2 Å². The average Bonchev–Trinajstić information content (AvgIpc) is 3.20. The van der Waals surface area contributed by atoms with Crippen LogP contribution >= 0.6 is 0 Å². The summed E-state index contributed by atoms with van der Waals surface area (Å²) in [6, 6.07) is 5.14. The zero-order valence-corrected chi connectivity index (χ0v) is 11.0. The maximum atomic E-state index is 11.6. The van der Waals surface area contributed by atoms with E-state index in [1.807, 2.05) is 0 Å². The highest BCUT2D eigenvalue weighted by Gasteiger charge is 2.54. The van der Waals surface area contributed by atoms with Gasteiger partial charge in [-0.15, -0.1) is 0 Å². The molecule has 2 N–H and O–H groups in total. The number of methoxy groups -OCH3 is 2. The van der Waals surface area contributed by atoms with Crippen molar-refractivity contribution in [2.75, 3.05) is 26.7 Å². The normalized spacial score (nSPS) is 15.7. The summed E-state index contributed by atoms with van der Waals surface area (Å²) in [7, 11) is 2.86. The molecular formula is C13H17NO5. The van der Waals surface area contributed by atoms with E-state index >= 15 is 0 Å². The van der Waals surface area contributed by atoms with Crippen molar-refractivity contribution in [3.8, 4) is 11.5 Å². The first-order valence-corrected chi connectivity index (χ1v) is 5.90. The largest absolute Gasteiger partial charge is 0.473 e. The Balaban J connectivity index is 2.15. The number of hydrogen-bond donors (Lipinski definition) is 1. The van der Waals surface area contributed by atoms with E-state index in [0.717, 1.165) is 0 Å². The first-order valence-electron chi connectivity index (χ1n) is 5.90. The molecule has 6 nitrogen and oxygen atoms in total. The van der Waals surface area contributed by atoms with Gasteiger partial charge in [-0.05, 0) is 12.1 Å². The Morgan fingerprint density at radius 1 is 1.32 bits per heavy atom. The number of nitrogen functional groups attached to an aromatic ring is 1. The fourth-order valence-electron chi connectivity index (χ4n) is 1.72. The van der Waals surface area contributed by atoms with Crippen LogP contribution in [0.5, 0.6) is 11.5 Å². The molecule has 1 fully saturated rings. The Bertz CT molecular complexity index is 470. The molecule has 0 unspecified atom stereocenters. The Labute approximate surface area is 111 Å². The first-order chi connectivity index (χ1) is 9.13. The summed E-state index contributed by atoms with van der Waals surface area (Å²) in [4.78, 5) is 11.6. The van der Waals surface area contributed by atoms with Gasteiger partial charge >= 0.3 is 5.97 Å². The van der Waals surface area contributed by atoms with E-state index < -0.39 is 5.60 Å². The SMILES string of the molecule is COCOc1cccc(OC2(C(=O)OC)CC2)c1N. The van der Waals surface area contributed by atoms with Crippen LogP contribution in [0.3, 0.4) is 0 Å². The summed E-state index contributed by atoms with van der Waals surface area (Å²) < 4.78 is 20.5. The number of carbonyl (C=O) groups is 1. The van der Waals surface area contributed by atoms with Gasteiger partial charge in [0.1, 0.15) is 17.2 Å². The average molecular weight is 267 g/mol. The summed E-state index contributed by atoms with van der Waals surface area (Å²) in [5, 5.41) is 0. The monoisotopic (exact) mass is 267 g/mol. The molecule has 2 rings (SSSR count). The number of benzene rings is 1. The maximum Gasteiger partial charge on any atom is 0.350 e. The van der Waals surface area contributed by atoms with Gasteiger partial charge < -0.3 is 24.7 Å². The van der Waals surface area contributed by atoms with E-state index in [9.17, 15) is 4.79 Å². The fourth-order valence-corrected chi connectivity index (χ4v) is 1.72. The van der Waals surface area contributed by atoms with Crippen molar-refractivity contribution in [2.45, 2.75) is 18.4 Å². The van der Waals surface area contributed by atoms with Crippen molar-refractivity contribution in [3.05, 3.63) is 18.2 Å². The van der Waals surface area contributed by atoms with Crippen molar-refractivity contribution in [1.82, 2.24) is 0 Å². The van der Waals surface area contributed by atoms with E-state index in [4.69, 9.17) is 24.7 Å². The lowest BCUT2D eigenvalue weighted by Crippen LogP contribution is -2.31. The standard InChI is InChI=1S/C13H17NO5/c1-16-8-18-9-4-3-5-10(11(9)14)19-13(6-7-13)12(15)17-2/h3-5H,6-8,14H2,1-2H3. The van der Waals surface area contributed by atoms with Gasteiger partial charge in [-0.3, -0.25) is 0 Å². The minimum atomic E-state index is -0.886. The second-order valence-corrected chi connectivity index (χ2v) is 4.31. The zero-order valence-electron chi connectivity index (χ0n) is 11.0. The Morgan fingerprint density at radius 2 is 2.00 bits per heavy atom. The highest BCUT2D eigenvalue weighted by atomic mass is 16.7. The van der Waals surface area contributed by atoms with E-state index in [-0.39, 0.29) is 12.8 Å². The molecule has 1 aliphatic rings. The van der Waals surface area contributed by atoms with E-state index in [1.54, 1.807) is 18.2 Å². The molecule has 0 saturated heterocycles. The summed E-state index contributed by atoms with van der Waals surface area (Å²) in [6.45, 7) is 0.0931. The second-order valence-electron chi connectivity index (χ2n) is 4.31. The first kappa shape index (κ1) is 13.5. The van der Waals surface area contributed by atoms with Crippen LogP contribution in [-0.2, 0) is 14.3 Å². The molecule has 0 aromatic heterocycles. The predicted molar refractivity (Wildman–Crippen MR) is 68.0 cm³/mol. The van der Waals surface area contributed by atoms with Crippen LogP contribution in [0.1, 0.15) is 12.8 Å². The van der Waals surface area contributed by atoms with Crippen molar-refractivity contribution in [3.63, 3.8) is 0 Å². The van der Waals surface area contributed by atoms with Gasteiger partial charge in [-0.2, -0.15) is 0 Å². The van der Waals surface area contributed by atoms with Crippen LogP contribution in [0.25, 0.3) is 0 Å². The topological polar surface area (TPSA) is 80.0 Å². The van der Waals surface area contributed by atoms with Gasteiger partial charge in [0.05, 0.1) is 7.11 Å². The third-order valence-corrected chi connectivity index (χ3v) is 2.93. The number of ether oxygens (including phenoxy) is 4. The van der Waals surface area contributed by atoms with Gasteiger partial charge in [0.25, 0.3) is 0 Å². The Kier molecular flexibility index (Phi) is 3.80. The van der Waals surface area contributed by atoms with E-state index in [1.165, 1.54) is 14.2 Å². The van der Waals surface area contributed by atoms with Gasteiger partial charge in [0.2, 0.25) is 5.60 Å². The van der Waals surface area contributed by atoms with Gasteiger partial charge in [0, 0.05) is 20.0 Å². The fraction of sp³-hybridized carbons (Fsp3) is 0.462. The van der Waals surface area contributed by atoms with E-state index in [0.29, 0.717) is 30.0 Å². The predicted octanol–water partition coefficient (Wildman–Crippen LogP) is 1.34. The van der Waals surface area contributed by atoms with Crippen LogP contribution < -0.4 is 15.2 Å². The van der Waals surface area contributed by atoms with Crippen LogP contribution in [0.2, 0.25) is 0 Å². The van der Waals surface area contributed by atoms with Gasteiger partial charge in [-0.1, -0.05) is 6.07 Å². The lowest BCUT2D eigenvalue weighted by Gasteiger charge is -2.18. The minimum absolute atomic E-state index is 0.0931. The lowest BCUT2D eigenvalue weighted by molar-refractivity contribution is -0.151. The Morgan fingerprint density at radius 3 is 2.58 bits per heavy atom. The van der Waals surface area contributed by atoms with Gasteiger partial charge in [0.15, 0.2) is 6.79 Å².